The number of primary amides is 1. The highest BCUT2D eigenvalue weighted by Crippen LogP contribution is 2.38. The number of hydrogen-bond donors (Lipinski definition) is 5. The van der Waals surface area contributed by atoms with Gasteiger partial charge in [-0.25, -0.2) is 0 Å². The van der Waals surface area contributed by atoms with E-state index in [0.29, 0.717) is 19.3 Å². The molecule has 0 aromatic heterocycles. The maximum Gasteiger partial charge on any atom is 0.335 e. The summed E-state index contributed by atoms with van der Waals surface area (Å²) < 4.78 is 11.6. The summed E-state index contributed by atoms with van der Waals surface area (Å²) in [5, 5.41) is 7.53. The van der Waals surface area contributed by atoms with E-state index in [1.54, 1.807) is 0 Å². The molecule has 6 N–H and O–H groups in total. The summed E-state index contributed by atoms with van der Waals surface area (Å²) in [5.74, 6) is -2.35. The van der Waals surface area contributed by atoms with Crippen molar-refractivity contribution in [2.24, 2.45) is 5.73 Å². The van der Waals surface area contributed by atoms with Crippen molar-refractivity contribution in [1.82, 2.24) is 15.5 Å². The lowest BCUT2D eigenvalue weighted by Gasteiger charge is -2.37. The van der Waals surface area contributed by atoms with Gasteiger partial charge in [-0.3, -0.25) is 23.7 Å². The molecule has 1 saturated heterocycles. The average molecular weight is 717 g/mol. The normalized spacial score (nSPS) is 16.0. The zero-order valence-corrected chi connectivity index (χ0v) is 29.2. The number of carbonyl (C=O) groups is 4. The fourth-order valence-corrected chi connectivity index (χ4v) is 7.94. The second-order valence-electron chi connectivity index (χ2n) is 12.4. The van der Waals surface area contributed by atoms with Crippen molar-refractivity contribution in [3.8, 4) is 11.1 Å². The average Bonchev–Trinajstić information content (AvgIpc) is 3.10. The number of benzene rings is 4. The predicted molar refractivity (Wildman–Crippen MR) is 195 cm³/mol. The molecule has 50 heavy (non-hydrogen) atoms. The number of nitrogens with one attached hydrogen (secondary N) is 2. The smallest absolute Gasteiger partial charge is 0.335 e. The highest BCUT2D eigenvalue weighted by molar-refractivity contribution is 8.04. The van der Waals surface area contributed by atoms with Crippen molar-refractivity contribution in [2.45, 2.75) is 50.2 Å². The molecule has 0 aliphatic carbocycles. The van der Waals surface area contributed by atoms with Crippen molar-refractivity contribution in [3.63, 3.8) is 0 Å². The lowest BCUT2D eigenvalue weighted by molar-refractivity contribution is -0.145. The van der Waals surface area contributed by atoms with E-state index in [2.05, 4.69) is 10.6 Å². The molecule has 4 amide bonds. The molecule has 0 saturated carbocycles. The van der Waals surface area contributed by atoms with E-state index in [0.717, 1.165) is 44.8 Å². The Morgan fingerprint density at radius 2 is 1.48 bits per heavy atom. The predicted octanol–water partition coefficient (Wildman–Crippen LogP) is 4.00. The van der Waals surface area contributed by atoms with E-state index >= 15 is 0 Å². The van der Waals surface area contributed by atoms with Gasteiger partial charge < -0.3 is 31.1 Å². The van der Waals surface area contributed by atoms with Crippen LogP contribution in [0.25, 0.3) is 21.9 Å². The molecular formula is C37H41N4O7PS. The maximum atomic E-state index is 14.0. The van der Waals surface area contributed by atoms with Gasteiger partial charge in [-0.15, -0.1) is 11.8 Å². The molecule has 3 atom stereocenters. The van der Waals surface area contributed by atoms with E-state index in [9.17, 15) is 33.5 Å². The van der Waals surface area contributed by atoms with Gasteiger partial charge in [0.05, 0.1) is 11.9 Å². The molecule has 0 unspecified atom stereocenters. The zero-order valence-electron chi connectivity index (χ0n) is 27.4. The number of nitrogens with zero attached hydrogens (tertiary/aromatic N) is 1. The van der Waals surface area contributed by atoms with Crippen LogP contribution in [0.1, 0.15) is 30.4 Å². The second-order valence-corrected chi connectivity index (χ2v) is 15.5. The summed E-state index contributed by atoms with van der Waals surface area (Å²) in [6.07, 6.45) is 1.76. The number of likely N-dealkylation sites (tertiary alicyclic amines) is 1. The van der Waals surface area contributed by atoms with Crippen LogP contribution in [0.3, 0.4) is 0 Å². The summed E-state index contributed by atoms with van der Waals surface area (Å²) in [4.78, 5) is 73.7. The van der Waals surface area contributed by atoms with Crippen LogP contribution >= 0.6 is 19.4 Å². The molecule has 4 aromatic rings. The van der Waals surface area contributed by atoms with Crippen LogP contribution < -0.4 is 16.4 Å². The van der Waals surface area contributed by atoms with Gasteiger partial charge in [0.25, 0.3) is 0 Å². The van der Waals surface area contributed by atoms with Gasteiger partial charge in [-0.1, -0.05) is 97.1 Å². The van der Waals surface area contributed by atoms with Gasteiger partial charge in [0, 0.05) is 18.7 Å². The van der Waals surface area contributed by atoms with Crippen LogP contribution in [0.4, 0.5) is 0 Å². The minimum atomic E-state index is -4.38. The van der Waals surface area contributed by atoms with Crippen molar-refractivity contribution in [2.75, 3.05) is 17.8 Å². The lowest BCUT2D eigenvalue weighted by Crippen LogP contribution is -2.60. The quantitative estimate of drug-likeness (QED) is 0.122. The molecule has 0 spiro atoms. The van der Waals surface area contributed by atoms with Crippen LogP contribution in [0.5, 0.6) is 0 Å². The number of amides is 4. The SMILES string of the molecule is NC(=O)[C@H](Cc1ccc2ccccc2c1)NC(=O)[C@@H]1CCCCN1C(=O)[C@H](CSCP(=O)(O)O)NC(=O)Cc1ccc(-c2ccccc2)cc1. The summed E-state index contributed by atoms with van der Waals surface area (Å²) in [7, 11) is -4.38. The lowest BCUT2D eigenvalue weighted by atomic mass is 9.98. The van der Waals surface area contributed by atoms with E-state index in [1.165, 1.54) is 4.90 Å². The third kappa shape index (κ3) is 10.3. The number of thioether (sulfide) groups is 1. The van der Waals surface area contributed by atoms with Crippen LogP contribution in [0, 0.1) is 0 Å². The third-order valence-electron chi connectivity index (χ3n) is 8.61. The van der Waals surface area contributed by atoms with Crippen LogP contribution in [-0.2, 0) is 36.6 Å². The summed E-state index contributed by atoms with van der Waals surface area (Å²) in [6, 6.07) is 27.7. The summed E-state index contributed by atoms with van der Waals surface area (Å²) in [5.41, 5.74) is 8.73. The molecule has 1 fully saturated rings. The number of hydrogen-bond acceptors (Lipinski definition) is 6. The first kappa shape index (κ1) is 36.8. The highest BCUT2D eigenvalue weighted by Gasteiger charge is 2.37. The third-order valence-corrected chi connectivity index (χ3v) is 11.2. The molecule has 262 valence electrons. The van der Waals surface area contributed by atoms with E-state index in [1.807, 2.05) is 97.1 Å². The van der Waals surface area contributed by atoms with Gasteiger partial charge in [0.1, 0.15) is 18.1 Å². The molecule has 11 nitrogen and oxygen atoms in total. The largest absolute Gasteiger partial charge is 0.368 e. The Labute approximate surface area is 295 Å². The maximum absolute atomic E-state index is 14.0. The van der Waals surface area contributed by atoms with Crippen LogP contribution in [-0.4, -0.2) is 74.2 Å². The molecule has 5 rings (SSSR count). The number of fused-ring (bicyclic) bond motifs is 1. The van der Waals surface area contributed by atoms with Gasteiger partial charge in [0.15, 0.2) is 0 Å². The number of rotatable bonds is 14. The molecule has 1 aliphatic rings. The van der Waals surface area contributed by atoms with Gasteiger partial charge >= 0.3 is 7.60 Å². The molecular weight excluding hydrogens is 675 g/mol. The first-order valence-electron chi connectivity index (χ1n) is 16.4. The number of carbonyl (C=O) groups excluding carboxylic acids is 4. The van der Waals surface area contributed by atoms with Crippen LogP contribution in [0.15, 0.2) is 97.1 Å². The molecule has 0 bridgehead atoms. The molecule has 13 heteroatoms. The molecule has 1 aliphatic heterocycles. The Morgan fingerprint density at radius 3 is 2.18 bits per heavy atom. The molecule has 0 radical (unpaired) electrons. The topological polar surface area (TPSA) is 179 Å². The first-order valence-corrected chi connectivity index (χ1v) is 19.4. The Hall–Kier alpha value is -4.48. The van der Waals surface area contributed by atoms with Crippen molar-refractivity contribution < 1.29 is 33.5 Å². The summed E-state index contributed by atoms with van der Waals surface area (Å²) in [6.45, 7) is 0.235. The number of piperidine rings is 1. The van der Waals surface area contributed by atoms with Gasteiger partial charge in [0.2, 0.25) is 23.6 Å². The Kier molecular flexibility index (Phi) is 12.5. The molecule has 1 heterocycles. The number of nitrogens with two attached hydrogens (primary N) is 1. The van der Waals surface area contributed by atoms with Crippen molar-refractivity contribution in [3.05, 3.63) is 108 Å². The Morgan fingerprint density at radius 1 is 0.820 bits per heavy atom. The van der Waals surface area contributed by atoms with Crippen molar-refractivity contribution in [1.29, 1.82) is 0 Å². The van der Waals surface area contributed by atoms with E-state index in [4.69, 9.17) is 5.73 Å². The standard InChI is InChI=1S/C37H41N4O7PS/c38-35(43)31(21-26-15-18-28-10-4-5-11-30(28)20-26)40-36(44)33-12-6-7-19-41(33)37(45)32(23-50-24-49(46,47)48)39-34(42)22-25-13-16-29(17-14-25)27-8-2-1-3-9-27/h1-5,8-11,13-18,20,31-33H,6-7,12,19,21-24H2,(H2,38,43)(H,39,42)(H,40,44)(H2,46,47,48)/t31-,32-,33-/m0/s1. The van der Waals surface area contributed by atoms with E-state index < -0.39 is 54.8 Å². The van der Waals surface area contributed by atoms with Crippen molar-refractivity contribution >= 4 is 53.8 Å². The zero-order chi connectivity index (χ0) is 35.7. The minimum absolute atomic E-state index is 0.0268. The van der Waals surface area contributed by atoms with Gasteiger partial charge in [-0.05, 0) is 52.3 Å². The second kappa shape index (κ2) is 17.0. The fraction of sp³-hybridized carbons (Fsp3) is 0.297. The van der Waals surface area contributed by atoms with Crippen LogP contribution in [0.2, 0.25) is 0 Å². The summed E-state index contributed by atoms with van der Waals surface area (Å²) >= 11 is 0.848. The Bertz CT molecular complexity index is 1870. The molecule has 4 aromatic carbocycles. The van der Waals surface area contributed by atoms with Gasteiger partial charge in [-0.2, -0.15) is 0 Å². The highest BCUT2D eigenvalue weighted by atomic mass is 32.2. The first-order chi connectivity index (χ1) is 24.0. The fourth-order valence-electron chi connectivity index (χ4n) is 6.10. The van der Waals surface area contributed by atoms with E-state index in [-0.39, 0.29) is 25.1 Å². The minimum Gasteiger partial charge on any atom is -0.368 e. The monoisotopic (exact) mass is 716 g/mol. The Balaban J connectivity index is 1.27.